The highest BCUT2D eigenvalue weighted by molar-refractivity contribution is 7.99. The number of aliphatic hydroxyl groups excluding tert-OH is 2. The first-order valence-electron chi connectivity index (χ1n) is 31.9. The van der Waals surface area contributed by atoms with Crippen LogP contribution in [0.1, 0.15) is 59.3 Å². The van der Waals surface area contributed by atoms with Gasteiger partial charge >= 0.3 is 0 Å². The molecule has 3 aliphatic rings. The molecule has 3 amide bonds. The van der Waals surface area contributed by atoms with Crippen LogP contribution in [0.5, 0.6) is 0 Å². The van der Waals surface area contributed by atoms with Gasteiger partial charge in [-0.25, -0.2) is 29.9 Å². The molecular weight excluding hydrogens is 1360 g/mol. The average molecular weight is 1430 g/mol. The van der Waals surface area contributed by atoms with Gasteiger partial charge in [-0.2, -0.15) is 0 Å². The number of carbonyl (C=O) groups is 3. The topological polar surface area (TPSA) is 311 Å². The van der Waals surface area contributed by atoms with Gasteiger partial charge in [-0.3, -0.25) is 14.4 Å². The summed E-state index contributed by atoms with van der Waals surface area (Å²) >= 11 is 24.1. The van der Waals surface area contributed by atoms with Crippen LogP contribution in [-0.2, 0) is 34.0 Å². The van der Waals surface area contributed by atoms with E-state index in [-0.39, 0.29) is 17.7 Å². The highest BCUT2D eigenvalue weighted by Gasteiger charge is 2.32. The molecule has 23 nitrogen and oxygen atoms in total. The fourth-order valence-electron chi connectivity index (χ4n) is 12.8. The van der Waals surface area contributed by atoms with Crippen LogP contribution < -0.4 is 17.2 Å². The Hall–Kier alpha value is -8.21. The molecule has 12 aromatic rings. The van der Waals surface area contributed by atoms with Gasteiger partial charge in [0.15, 0.2) is 32.9 Å². The Morgan fingerprint density at radius 3 is 1.11 bits per heavy atom. The molecule has 12 heterocycles. The van der Waals surface area contributed by atoms with Crippen LogP contribution in [0.3, 0.4) is 0 Å². The lowest BCUT2D eigenvalue weighted by atomic mass is 10.1. The van der Waals surface area contributed by atoms with Crippen LogP contribution in [0.2, 0.25) is 15.1 Å². The van der Waals surface area contributed by atoms with Crippen molar-refractivity contribution < 1.29 is 37.8 Å². The maximum absolute atomic E-state index is 12.1. The van der Waals surface area contributed by atoms with Gasteiger partial charge in [0.1, 0.15) is 45.5 Å². The molecule has 3 aromatic carbocycles. The van der Waals surface area contributed by atoms with Crippen molar-refractivity contribution in [1.82, 2.24) is 58.3 Å². The van der Waals surface area contributed by atoms with E-state index in [2.05, 4.69) is 28.7 Å². The summed E-state index contributed by atoms with van der Waals surface area (Å²) in [5.41, 5.74) is 25.4. The van der Waals surface area contributed by atoms with Gasteiger partial charge in [-0.1, -0.05) is 34.8 Å². The molecule has 15 rings (SSSR count). The van der Waals surface area contributed by atoms with Gasteiger partial charge in [-0.15, -0.1) is 0 Å². The average Bonchev–Trinajstić information content (AvgIpc) is 1.68. The number of furan rings is 3. The minimum atomic E-state index is -0.962. The summed E-state index contributed by atoms with van der Waals surface area (Å²) in [6.07, 6.45) is 13.6. The number of imidazole rings is 3. The summed E-state index contributed by atoms with van der Waals surface area (Å²) in [6.45, 7) is 11.2. The SMILES string of the molecule is CC(=O)N1CCC(CCn2c(Sc3cc4occc4cc3Cl)nc3c(N)nccc32)C1.C[C@@H](O)C(=O)N1CCC(CCn2c(Sc3cc4occc4cc3Cl)nc3c(N)nccc32)C1.C[C@H](O)C(=O)N1CCC(CCn2c(Sc3cc4occc4cc3Cl)nc3c(N)nccc32)C1. The van der Waals surface area contributed by atoms with E-state index in [9.17, 15) is 24.6 Å². The third-order valence-electron chi connectivity index (χ3n) is 18.0. The summed E-state index contributed by atoms with van der Waals surface area (Å²) < 4.78 is 23.1. The van der Waals surface area contributed by atoms with E-state index in [0.717, 1.165) is 138 Å². The van der Waals surface area contributed by atoms with E-state index in [0.29, 0.717) is 106 Å². The molecule has 97 heavy (non-hydrogen) atoms. The van der Waals surface area contributed by atoms with Crippen LogP contribution >= 0.6 is 70.1 Å². The van der Waals surface area contributed by atoms with Crippen LogP contribution in [-0.4, -0.2) is 138 Å². The van der Waals surface area contributed by atoms with Crippen molar-refractivity contribution in [3.05, 3.63) is 125 Å². The second kappa shape index (κ2) is 29.1. The molecule has 0 bridgehead atoms. The molecule has 3 saturated heterocycles. The number of rotatable bonds is 17. The number of anilines is 3. The number of benzene rings is 3. The van der Waals surface area contributed by atoms with E-state index in [1.165, 1.54) is 49.1 Å². The molecule has 5 atom stereocenters. The Kier molecular flexibility index (Phi) is 20.2. The number of halogens is 3. The van der Waals surface area contributed by atoms with Crippen LogP contribution in [0, 0.1) is 17.8 Å². The Morgan fingerprint density at radius 1 is 0.505 bits per heavy atom. The third-order valence-corrected chi connectivity index (χ3v) is 22.5. The molecule has 0 spiro atoms. The summed E-state index contributed by atoms with van der Waals surface area (Å²) in [5.74, 6) is 2.10. The lowest BCUT2D eigenvalue weighted by Gasteiger charge is -2.18. The number of aryl methyl sites for hydroxylation is 3. The molecule has 504 valence electrons. The number of likely N-dealkylation sites (tertiary alicyclic amines) is 3. The number of fused-ring (bicyclic) bond motifs is 6. The number of hydrogen-bond acceptors (Lipinski definition) is 20. The molecule has 3 unspecified atom stereocenters. The molecule has 3 aliphatic heterocycles. The summed E-state index contributed by atoms with van der Waals surface area (Å²) in [6, 6.07) is 22.9. The first kappa shape index (κ1) is 67.4. The van der Waals surface area contributed by atoms with Gasteiger partial charge in [-0.05, 0) is 178 Å². The molecule has 0 radical (unpaired) electrons. The predicted molar refractivity (Wildman–Crippen MR) is 379 cm³/mol. The van der Waals surface area contributed by atoms with Crippen molar-refractivity contribution in [3.63, 3.8) is 0 Å². The summed E-state index contributed by atoms with van der Waals surface area (Å²) in [5, 5.41) is 26.3. The zero-order valence-electron chi connectivity index (χ0n) is 53.2. The smallest absolute Gasteiger partial charge is 0.251 e. The maximum Gasteiger partial charge on any atom is 0.251 e. The third kappa shape index (κ3) is 14.7. The van der Waals surface area contributed by atoms with Crippen molar-refractivity contribution in [2.75, 3.05) is 56.5 Å². The van der Waals surface area contributed by atoms with E-state index in [1.54, 1.807) is 54.1 Å². The van der Waals surface area contributed by atoms with Gasteiger partial charge in [0.05, 0.1) is 50.4 Å². The molecule has 9 aromatic heterocycles. The second-order valence-corrected chi connectivity index (χ2v) is 28.8. The molecule has 0 aliphatic carbocycles. The Balaban J connectivity index is 0.000000131. The molecule has 8 N–H and O–H groups in total. The van der Waals surface area contributed by atoms with Crippen molar-refractivity contribution >= 4 is 171 Å². The van der Waals surface area contributed by atoms with E-state index >= 15 is 0 Å². The van der Waals surface area contributed by atoms with E-state index < -0.39 is 12.2 Å². The van der Waals surface area contributed by atoms with Crippen LogP contribution in [0.25, 0.3) is 66.0 Å². The fraction of sp³-hybridized carbons (Fsp3) is 0.338. The van der Waals surface area contributed by atoms with Crippen molar-refractivity contribution in [2.45, 2.75) is 121 Å². The maximum atomic E-state index is 12.1. The first-order chi connectivity index (χ1) is 46.8. The quantitative estimate of drug-likeness (QED) is 0.0565. The molecular formula is C68H70Cl3N15O8S3. The molecule has 0 saturated carbocycles. The minimum absolute atomic E-state index is 0.147. The first-order valence-corrected chi connectivity index (χ1v) is 35.4. The number of hydrogen-bond donors (Lipinski definition) is 5. The predicted octanol–water partition coefficient (Wildman–Crippen LogP) is 13.2. The van der Waals surface area contributed by atoms with Crippen molar-refractivity contribution in [3.8, 4) is 0 Å². The lowest BCUT2D eigenvalue weighted by molar-refractivity contribution is -0.138. The van der Waals surface area contributed by atoms with Crippen LogP contribution in [0.4, 0.5) is 17.5 Å². The standard InChI is InChI=1S/2C23H24ClN5O3S.C22H22ClN5O2S/c2*1-13(30)22(31)28-7-3-14(12-28)4-8-29-17-2-6-26-21(25)20(17)27-23(29)33-19-11-18-15(5-9-32-18)10-16(19)24;1-13(29)27-7-3-14(12-27)4-8-28-17-2-6-25-21(24)20(17)26-22(28)31-19-11-18-15(5-9-30-18)10-16(19)23/h2*2,5-6,9-11,13-14,30H,3-4,7-8,12H2,1H3,(H2,25,26);2,5-6,9-11,14H,3-4,7-8,12H2,1H3,(H2,24,25)/t2*13-,14?;/m10./s1. The number of aromatic nitrogens is 9. The van der Waals surface area contributed by atoms with Crippen LogP contribution in [0.15, 0.2) is 154 Å². The minimum Gasteiger partial charge on any atom is -0.464 e. The number of nitrogens with zero attached hydrogens (tertiary/aromatic N) is 12. The Bertz CT molecular complexity index is 4710. The fourth-order valence-corrected chi connectivity index (χ4v) is 16.5. The summed E-state index contributed by atoms with van der Waals surface area (Å²) in [7, 11) is 0. The number of nitrogens with two attached hydrogens (primary N) is 3. The van der Waals surface area contributed by atoms with Crippen molar-refractivity contribution in [2.24, 2.45) is 17.8 Å². The van der Waals surface area contributed by atoms with Crippen molar-refractivity contribution in [1.29, 1.82) is 0 Å². The Morgan fingerprint density at radius 2 is 0.814 bits per heavy atom. The highest BCUT2D eigenvalue weighted by atomic mass is 35.5. The van der Waals surface area contributed by atoms with Gasteiger partial charge in [0.25, 0.3) is 11.8 Å². The number of nitrogen functional groups attached to an aromatic ring is 3. The lowest BCUT2D eigenvalue weighted by Crippen LogP contribution is -2.36. The van der Waals surface area contributed by atoms with E-state index in [4.69, 9.17) is 80.2 Å². The zero-order valence-corrected chi connectivity index (χ0v) is 57.9. The molecule has 29 heteroatoms. The zero-order chi connectivity index (χ0) is 67.8. The highest BCUT2D eigenvalue weighted by Crippen LogP contribution is 2.42. The summed E-state index contributed by atoms with van der Waals surface area (Å²) in [4.78, 5) is 70.8. The number of carbonyl (C=O) groups excluding carboxylic acids is 3. The van der Waals surface area contributed by atoms with Gasteiger partial charge in [0, 0.05) is 115 Å². The monoisotopic (exact) mass is 1430 g/mol. The van der Waals surface area contributed by atoms with Gasteiger partial charge in [0.2, 0.25) is 5.91 Å². The number of pyridine rings is 3. The number of aliphatic hydroxyl groups is 2. The van der Waals surface area contributed by atoms with E-state index in [1.807, 2.05) is 77.7 Å². The Labute approximate surface area is 584 Å². The van der Waals surface area contributed by atoms with Gasteiger partial charge < -0.3 is 69.1 Å². The second-order valence-electron chi connectivity index (χ2n) is 24.6. The largest absolute Gasteiger partial charge is 0.464 e. The normalized spacial score (nSPS) is 17.1. The molecule has 3 fully saturated rings. The number of amides is 3.